The summed E-state index contributed by atoms with van der Waals surface area (Å²) < 4.78 is 5.77. The summed E-state index contributed by atoms with van der Waals surface area (Å²) in [5.74, 6) is 2.06. The van der Waals surface area contributed by atoms with Crippen molar-refractivity contribution in [1.29, 1.82) is 0 Å². The Bertz CT molecular complexity index is 696. The van der Waals surface area contributed by atoms with E-state index in [0.29, 0.717) is 12.0 Å². The number of hydrogen-bond acceptors (Lipinski definition) is 4. The van der Waals surface area contributed by atoms with Crippen molar-refractivity contribution in [2.45, 2.75) is 50.3 Å². The van der Waals surface area contributed by atoms with Crippen molar-refractivity contribution >= 4 is 11.8 Å². The number of fused-ring (bicyclic) bond motifs is 1. The molecule has 6 rings (SSSR count). The number of carbonyl (C=O) groups excluding carboxylic acids is 2. The molecule has 4 heterocycles. The van der Waals surface area contributed by atoms with Crippen molar-refractivity contribution in [3.63, 3.8) is 0 Å². The Kier molecular flexibility index (Phi) is 3.96. The van der Waals surface area contributed by atoms with Gasteiger partial charge < -0.3 is 15.0 Å². The molecule has 1 aromatic rings. The largest absolute Gasteiger partial charge is 0.356 e. The van der Waals surface area contributed by atoms with E-state index >= 15 is 0 Å². The summed E-state index contributed by atoms with van der Waals surface area (Å²) in [6, 6.07) is 3.59. The van der Waals surface area contributed by atoms with Gasteiger partial charge in [0.05, 0.1) is 6.04 Å². The molecule has 0 aromatic carbocycles. The van der Waals surface area contributed by atoms with E-state index in [1.54, 1.807) is 12.4 Å². The predicted molar refractivity (Wildman–Crippen MR) is 93.9 cm³/mol. The molecule has 1 aromatic heterocycles. The maximum absolute atomic E-state index is 13.5. The molecule has 3 aliphatic heterocycles. The van der Waals surface area contributed by atoms with Crippen LogP contribution in [0.4, 0.5) is 0 Å². The van der Waals surface area contributed by atoms with Crippen LogP contribution in [0.2, 0.25) is 0 Å². The number of morpholine rings is 1. The molecular formula is C20H25N3O3. The topological polar surface area (TPSA) is 71.5 Å². The Labute approximate surface area is 153 Å². The first-order valence-electron chi connectivity index (χ1n) is 9.78. The molecule has 2 amide bonds. The van der Waals surface area contributed by atoms with E-state index in [1.807, 2.05) is 12.1 Å². The van der Waals surface area contributed by atoms with Gasteiger partial charge >= 0.3 is 0 Å². The Morgan fingerprint density at radius 3 is 2.65 bits per heavy atom. The minimum Gasteiger partial charge on any atom is -0.356 e. The third-order valence-corrected chi connectivity index (χ3v) is 6.69. The fourth-order valence-corrected chi connectivity index (χ4v) is 5.80. The lowest BCUT2D eigenvalue weighted by Crippen LogP contribution is -2.55. The molecule has 5 fully saturated rings. The van der Waals surface area contributed by atoms with Gasteiger partial charge in [0.1, 0.15) is 6.61 Å². The monoisotopic (exact) mass is 355 g/mol. The number of carbonyl (C=O) groups is 2. The number of amides is 2. The van der Waals surface area contributed by atoms with Crippen LogP contribution in [0.15, 0.2) is 24.5 Å². The van der Waals surface area contributed by atoms with Gasteiger partial charge in [0.2, 0.25) is 5.91 Å². The normalized spacial score (nSPS) is 38.8. The molecule has 0 radical (unpaired) electrons. The summed E-state index contributed by atoms with van der Waals surface area (Å²) >= 11 is 0. The molecular weight excluding hydrogens is 330 g/mol. The van der Waals surface area contributed by atoms with E-state index in [-0.39, 0.29) is 18.4 Å². The van der Waals surface area contributed by atoms with E-state index < -0.39 is 12.1 Å². The Hall–Kier alpha value is -1.95. The van der Waals surface area contributed by atoms with Crippen LogP contribution in [-0.4, -0.2) is 47.0 Å². The first-order valence-corrected chi connectivity index (χ1v) is 9.78. The van der Waals surface area contributed by atoms with E-state index in [4.69, 9.17) is 4.74 Å². The van der Waals surface area contributed by atoms with E-state index in [2.05, 4.69) is 15.2 Å². The molecule has 0 spiro atoms. The first-order chi connectivity index (χ1) is 12.7. The molecule has 4 bridgehead atoms. The van der Waals surface area contributed by atoms with Gasteiger partial charge in [0.25, 0.3) is 5.91 Å². The standard InChI is InChI=1S/C20H25N3O3/c24-17-11-26-19(18(22-17)15-2-1-3-21-9-15)20(25)23-10-14-5-12-4-13(6-14)8-16(23)7-12/h1-3,9,12-14,16,18-19H,4-8,10-11H2,(H,22,24)/t12?,13?,14?,16?,18-,19+/m1/s1. The average Bonchev–Trinajstić information content (AvgIpc) is 2.85. The zero-order chi connectivity index (χ0) is 17.7. The third-order valence-electron chi connectivity index (χ3n) is 6.69. The summed E-state index contributed by atoms with van der Waals surface area (Å²) in [7, 11) is 0. The molecule has 6 heteroatoms. The van der Waals surface area contributed by atoms with Crippen molar-refractivity contribution in [1.82, 2.24) is 15.2 Å². The fraction of sp³-hybridized carbons (Fsp3) is 0.650. The summed E-state index contributed by atoms with van der Waals surface area (Å²) in [6.07, 6.45) is 8.89. The van der Waals surface area contributed by atoms with Crippen molar-refractivity contribution in [2.24, 2.45) is 17.8 Å². The Balaban J connectivity index is 1.42. The maximum atomic E-state index is 13.5. The van der Waals surface area contributed by atoms with Crippen molar-refractivity contribution in [3.05, 3.63) is 30.1 Å². The van der Waals surface area contributed by atoms with E-state index in [1.165, 1.54) is 19.3 Å². The number of hydrogen-bond donors (Lipinski definition) is 1. The summed E-state index contributed by atoms with van der Waals surface area (Å²) in [5, 5.41) is 2.94. The van der Waals surface area contributed by atoms with Crippen molar-refractivity contribution < 1.29 is 14.3 Å². The van der Waals surface area contributed by atoms with Gasteiger partial charge in [-0.05, 0) is 61.5 Å². The van der Waals surface area contributed by atoms with Crippen LogP contribution in [0.3, 0.4) is 0 Å². The lowest BCUT2D eigenvalue weighted by atomic mass is 9.68. The Morgan fingerprint density at radius 1 is 1.15 bits per heavy atom. The van der Waals surface area contributed by atoms with Gasteiger partial charge in [0, 0.05) is 25.0 Å². The highest BCUT2D eigenvalue weighted by atomic mass is 16.5. The zero-order valence-corrected chi connectivity index (χ0v) is 14.8. The molecule has 6 nitrogen and oxygen atoms in total. The maximum Gasteiger partial charge on any atom is 0.254 e. The van der Waals surface area contributed by atoms with Gasteiger partial charge in [-0.25, -0.2) is 0 Å². The van der Waals surface area contributed by atoms with Gasteiger partial charge in [-0.15, -0.1) is 0 Å². The highest BCUT2D eigenvalue weighted by Gasteiger charge is 2.47. The first kappa shape index (κ1) is 16.2. The quantitative estimate of drug-likeness (QED) is 0.876. The molecule has 3 saturated heterocycles. The smallest absolute Gasteiger partial charge is 0.254 e. The van der Waals surface area contributed by atoms with Crippen LogP contribution in [0, 0.1) is 17.8 Å². The summed E-state index contributed by atoms with van der Waals surface area (Å²) in [6.45, 7) is 0.796. The number of rotatable bonds is 2. The van der Waals surface area contributed by atoms with Gasteiger partial charge in [-0.3, -0.25) is 14.6 Å². The van der Waals surface area contributed by atoms with Crippen LogP contribution in [-0.2, 0) is 14.3 Å². The number of aromatic nitrogens is 1. The average molecular weight is 355 g/mol. The van der Waals surface area contributed by atoms with E-state index in [9.17, 15) is 9.59 Å². The van der Waals surface area contributed by atoms with Crippen LogP contribution in [0.25, 0.3) is 0 Å². The summed E-state index contributed by atoms with van der Waals surface area (Å²) in [5.41, 5.74) is 0.819. The second-order valence-corrected chi connectivity index (χ2v) is 8.48. The van der Waals surface area contributed by atoms with Crippen LogP contribution < -0.4 is 5.32 Å². The lowest BCUT2D eigenvalue weighted by molar-refractivity contribution is -0.157. The van der Waals surface area contributed by atoms with Crippen molar-refractivity contribution in [3.8, 4) is 0 Å². The van der Waals surface area contributed by atoms with Crippen molar-refractivity contribution in [2.75, 3.05) is 13.2 Å². The summed E-state index contributed by atoms with van der Waals surface area (Å²) in [4.78, 5) is 31.6. The third kappa shape index (κ3) is 2.80. The highest BCUT2D eigenvalue weighted by molar-refractivity contribution is 5.86. The molecule has 1 N–H and O–H groups in total. The Morgan fingerprint density at radius 2 is 1.92 bits per heavy atom. The van der Waals surface area contributed by atoms with Gasteiger partial charge in [0.15, 0.2) is 6.10 Å². The lowest BCUT2D eigenvalue weighted by Gasteiger charge is -2.40. The molecule has 2 unspecified atom stereocenters. The molecule has 4 atom stereocenters. The van der Waals surface area contributed by atoms with Crippen LogP contribution in [0.1, 0.15) is 43.7 Å². The SMILES string of the molecule is O=C1CO[C@H](C(=O)N2CC3CC4CC(C3)CC2C4)[C@@H](c2cccnc2)N1. The van der Waals surface area contributed by atoms with Crippen LogP contribution >= 0.6 is 0 Å². The minimum atomic E-state index is -0.660. The highest BCUT2D eigenvalue weighted by Crippen LogP contribution is 2.47. The predicted octanol–water partition coefficient (Wildman–Crippen LogP) is 1.67. The minimum absolute atomic E-state index is 0.0389. The number of ether oxygens (including phenoxy) is 1. The zero-order valence-electron chi connectivity index (χ0n) is 14.8. The second kappa shape index (κ2) is 6.34. The van der Waals surface area contributed by atoms with Gasteiger partial charge in [-0.1, -0.05) is 6.07 Å². The molecule has 2 saturated carbocycles. The van der Waals surface area contributed by atoms with Crippen LogP contribution in [0.5, 0.6) is 0 Å². The molecule has 5 aliphatic rings. The fourth-order valence-electron chi connectivity index (χ4n) is 5.80. The molecule has 2 aliphatic carbocycles. The number of nitrogens with zero attached hydrogens (tertiary/aromatic N) is 2. The second-order valence-electron chi connectivity index (χ2n) is 8.48. The van der Waals surface area contributed by atoms with E-state index in [0.717, 1.165) is 36.8 Å². The molecule has 26 heavy (non-hydrogen) atoms. The van der Waals surface area contributed by atoms with Gasteiger partial charge in [-0.2, -0.15) is 0 Å². The number of pyridine rings is 1. The number of nitrogens with one attached hydrogen (secondary N) is 1. The molecule has 138 valence electrons.